The highest BCUT2D eigenvalue weighted by atomic mass is 32.1. The number of carbonyl (C=O) groups excluding carboxylic acids is 1. The lowest BCUT2D eigenvalue weighted by atomic mass is 9.84. The molecule has 0 saturated carbocycles. The second kappa shape index (κ2) is 10.3. The van der Waals surface area contributed by atoms with Crippen molar-refractivity contribution in [3.05, 3.63) is 46.5 Å². The summed E-state index contributed by atoms with van der Waals surface area (Å²) in [6.45, 7) is 4.58. The van der Waals surface area contributed by atoms with Gasteiger partial charge in [0, 0.05) is 25.6 Å². The molecule has 0 unspecified atom stereocenters. The average molecular weight is 460 g/mol. The van der Waals surface area contributed by atoms with Gasteiger partial charge in [0.15, 0.2) is 5.76 Å². The highest BCUT2D eigenvalue weighted by Crippen LogP contribution is 2.34. The molecule has 31 heavy (non-hydrogen) atoms. The van der Waals surface area contributed by atoms with E-state index in [4.69, 9.17) is 19.1 Å². The van der Waals surface area contributed by atoms with Crippen molar-refractivity contribution in [3.63, 3.8) is 0 Å². The number of thiophene rings is 1. The molecule has 2 N–H and O–H groups in total. The number of ether oxygens (including phenoxy) is 1. The summed E-state index contributed by atoms with van der Waals surface area (Å²) in [4.78, 5) is 23.4. The molecular weight excluding hydrogens is 437 g/mol. The molecule has 0 bridgehead atoms. The largest absolute Gasteiger partial charge is 0.490 e. The molecule has 4 heterocycles. The summed E-state index contributed by atoms with van der Waals surface area (Å²) in [6, 6.07) is 5.60. The van der Waals surface area contributed by atoms with Gasteiger partial charge < -0.3 is 19.6 Å². The number of carboxylic acids is 1. The molecule has 0 aliphatic carbocycles. The fraction of sp³-hybridized carbons (Fsp3) is 0.500. The summed E-state index contributed by atoms with van der Waals surface area (Å²) in [6.07, 6.45) is -2.31. The van der Waals surface area contributed by atoms with Gasteiger partial charge in [0.05, 0.1) is 19.0 Å². The number of carboxylic acid groups (broad SMARTS) is 1. The maximum Gasteiger partial charge on any atom is 0.490 e. The monoisotopic (exact) mass is 460 g/mol. The molecule has 4 rings (SSSR count). The van der Waals surface area contributed by atoms with Gasteiger partial charge in [-0.05, 0) is 53.4 Å². The van der Waals surface area contributed by atoms with Gasteiger partial charge in [-0.25, -0.2) is 4.79 Å². The smallest absolute Gasteiger partial charge is 0.475 e. The Bertz CT molecular complexity index is 842. The van der Waals surface area contributed by atoms with E-state index in [0.29, 0.717) is 24.1 Å². The number of fused-ring (bicyclic) bond motifs is 1. The number of likely N-dealkylation sites (tertiary alicyclic amines) is 1. The first-order chi connectivity index (χ1) is 14.7. The molecule has 2 aromatic heterocycles. The summed E-state index contributed by atoms with van der Waals surface area (Å²) in [7, 11) is 0. The fourth-order valence-electron chi connectivity index (χ4n) is 3.85. The fourth-order valence-corrected chi connectivity index (χ4v) is 4.50. The Labute approximate surface area is 180 Å². The van der Waals surface area contributed by atoms with E-state index in [2.05, 4.69) is 27.0 Å². The van der Waals surface area contributed by atoms with Crippen LogP contribution in [0.2, 0.25) is 0 Å². The molecule has 11 heteroatoms. The summed E-state index contributed by atoms with van der Waals surface area (Å²) < 4.78 is 42.8. The molecule has 2 aliphatic heterocycles. The number of hydrogen-bond donors (Lipinski definition) is 2. The number of nitrogens with zero attached hydrogens (tertiary/aromatic N) is 1. The van der Waals surface area contributed by atoms with E-state index in [1.165, 1.54) is 11.8 Å². The van der Waals surface area contributed by atoms with Crippen molar-refractivity contribution in [2.45, 2.75) is 25.2 Å². The van der Waals surface area contributed by atoms with E-state index >= 15 is 0 Å². The van der Waals surface area contributed by atoms with Gasteiger partial charge in [0.2, 0.25) is 0 Å². The van der Waals surface area contributed by atoms with Gasteiger partial charge in [-0.3, -0.25) is 9.69 Å². The average Bonchev–Trinajstić information content (AvgIpc) is 3.48. The molecule has 170 valence electrons. The number of amides is 1. The third-order valence-corrected chi connectivity index (χ3v) is 6.05. The molecule has 3 atom stereocenters. The van der Waals surface area contributed by atoms with Crippen molar-refractivity contribution < 1.29 is 37.0 Å². The number of rotatable bonds is 5. The van der Waals surface area contributed by atoms with Crippen LogP contribution in [0.25, 0.3) is 0 Å². The van der Waals surface area contributed by atoms with E-state index in [0.717, 1.165) is 32.7 Å². The zero-order valence-electron chi connectivity index (χ0n) is 16.5. The predicted molar refractivity (Wildman–Crippen MR) is 106 cm³/mol. The van der Waals surface area contributed by atoms with E-state index < -0.39 is 12.1 Å². The Kier molecular flexibility index (Phi) is 7.74. The van der Waals surface area contributed by atoms with Crippen LogP contribution in [0.1, 0.15) is 22.5 Å². The van der Waals surface area contributed by atoms with Crippen LogP contribution in [0.5, 0.6) is 0 Å². The van der Waals surface area contributed by atoms with Gasteiger partial charge in [0.1, 0.15) is 0 Å². The van der Waals surface area contributed by atoms with Crippen molar-refractivity contribution in [2.24, 2.45) is 11.8 Å². The lowest BCUT2D eigenvalue weighted by Gasteiger charge is -2.35. The van der Waals surface area contributed by atoms with Crippen LogP contribution in [0.3, 0.4) is 0 Å². The van der Waals surface area contributed by atoms with Crippen LogP contribution >= 0.6 is 11.3 Å². The van der Waals surface area contributed by atoms with Gasteiger partial charge in [0.25, 0.3) is 5.91 Å². The standard InChI is InChI=1S/C18H22N2O3S.C2HF3O2/c21-18(16-2-1-6-22-16)19-8-17-15-3-5-20(10-14(15)11-23-17)9-13-4-7-24-12-13;3-2(4,5)1(6)7/h1-2,4,6-7,12,14-15,17H,3,5,8-11H2,(H,19,21);(H,6,7)/t14-,15-,17+;/m0./s1. The Morgan fingerprint density at radius 1 is 1.32 bits per heavy atom. The van der Waals surface area contributed by atoms with Crippen LogP contribution in [0.4, 0.5) is 13.2 Å². The molecule has 2 fully saturated rings. The molecule has 7 nitrogen and oxygen atoms in total. The third-order valence-electron chi connectivity index (χ3n) is 5.32. The van der Waals surface area contributed by atoms with Crippen molar-refractivity contribution in [2.75, 3.05) is 26.2 Å². The molecule has 0 spiro atoms. The van der Waals surface area contributed by atoms with E-state index in [1.54, 1.807) is 23.5 Å². The summed E-state index contributed by atoms with van der Waals surface area (Å²) in [5.41, 5.74) is 1.40. The number of furan rings is 1. The normalized spacial score (nSPS) is 23.5. The number of hydrogen-bond acceptors (Lipinski definition) is 6. The third kappa shape index (κ3) is 6.55. The minimum absolute atomic E-state index is 0.122. The highest BCUT2D eigenvalue weighted by Gasteiger charge is 2.41. The van der Waals surface area contributed by atoms with Gasteiger partial charge in [-0.2, -0.15) is 24.5 Å². The quantitative estimate of drug-likeness (QED) is 0.712. The van der Waals surface area contributed by atoms with Crippen molar-refractivity contribution in [3.8, 4) is 0 Å². The van der Waals surface area contributed by atoms with Crippen LogP contribution in [0, 0.1) is 11.8 Å². The zero-order valence-corrected chi connectivity index (χ0v) is 17.3. The lowest BCUT2D eigenvalue weighted by molar-refractivity contribution is -0.192. The minimum atomic E-state index is -5.08. The Hall–Kier alpha value is -2.37. The maximum atomic E-state index is 12.0. The van der Waals surface area contributed by atoms with Crippen molar-refractivity contribution in [1.82, 2.24) is 10.2 Å². The first-order valence-electron chi connectivity index (χ1n) is 9.71. The van der Waals surface area contributed by atoms with E-state index in [1.807, 2.05) is 0 Å². The number of carbonyl (C=O) groups is 2. The Balaban J connectivity index is 0.000000339. The second-order valence-electron chi connectivity index (χ2n) is 7.44. The predicted octanol–water partition coefficient (Wildman–Crippen LogP) is 3.24. The molecule has 1 amide bonds. The molecule has 0 radical (unpaired) electrons. The first-order valence-corrected chi connectivity index (χ1v) is 10.6. The number of alkyl halides is 3. The summed E-state index contributed by atoms with van der Waals surface area (Å²) in [5, 5.41) is 14.4. The van der Waals surface area contributed by atoms with Crippen LogP contribution < -0.4 is 5.32 Å². The second-order valence-corrected chi connectivity index (χ2v) is 8.22. The van der Waals surface area contributed by atoms with Crippen molar-refractivity contribution >= 4 is 23.2 Å². The zero-order chi connectivity index (χ0) is 22.4. The SMILES string of the molecule is O=C(NC[C@H]1OC[C@@H]2CN(Cc3ccsc3)CC[C@@H]21)c1ccco1.O=C(O)C(F)(F)F. The molecule has 0 aromatic carbocycles. The van der Waals surface area contributed by atoms with Crippen LogP contribution in [-0.2, 0) is 16.1 Å². The number of halogens is 3. The van der Waals surface area contributed by atoms with E-state index in [-0.39, 0.29) is 12.0 Å². The van der Waals surface area contributed by atoms with Gasteiger partial charge >= 0.3 is 12.1 Å². The van der Waals surface area contributed by atoms with E-state index in [9.17, 15) is 18.0 Å². The molecule has 2 aromatic rings. The van der Waals surface area contributed by atoms with Crippen LogP contribution in [-0.4, -0.2) is 60.4 Å². The topological polar surface area (TPSA) is 92.0 Å². The lowest BCUT2D eigenvalue weighted by Crippen LogP contribution is -2.43. The molecule has 2 aliphatic rings. The van der Waals surface area contributed by atoms with Crippen molar-refractivity contribution in [1.29, 1.82) is 0 Å². The number of aliphatic carboxylic acids is 1. The van der Waals surface area contributed by atoms with Gasteiger partial charge in [-0.15, -0.1) is 0 Å². The number of piperidine rings is 1. The highest BCUT2D eigenvalue weighted by molar-refractivity contribution is 7.07. The minimum Gasteiger partial charge on any atom is -0.475 e. The number of nitrogens with one attached hydrogen (secondary N) is 1. The van der Waals surface area contributed by atoms with Crippen LogP contribution in [0.15, 0.2) is 39.6 Å². The Morgan fingerprint density at radius 2 is 2.10 bits per heavy atom. The van der Waals surface area contributed by atoms with Gasteiger partial charge in [-0.1, -0.05) is 0 Å². The maximum absolute atomic E-state index is 12.0. The molecular formula is C20H23F3N2O5S. The molecule has 2 saturated heterocycles. The summed E-state index contributed by atoms with van der Waals surface area (Å²) in [5.74, 6) is -1.45. The summed E-state index contributed by atoms with van der Waals surface area (Å²) >= 11 is 1.76. The Morgan fingerprint density at radius 3 is 2.71 bits per heavy atom. The first kappa shape index (κ1) is 23.3.